The summed E-state index contributed by atoms with van der Waals surface area (Å²) in [5, 5.41) is 0. The van der Waals surface area contributed by atoms with Gasteiger partial charge in [0, 0.05) is 67.1 Å². The van der Waals surface area contributed by atoms with Crippen LogP contribution in [-0.2, 0) is 0 Å². The fraction of sp³-hybridized carbons (Fsp3) is 0.579. The Morgan fingerprint density at radius 3 is 2.12 bits per heavy atom. The van der Waals surface area contributed by atoms with Gasteiger partial charge < -0.3 is 9.80 Å². The smallest absolute Gasteiger partial charge is 0.225 e. The summed E-state index contributed by atoms with van der Waals surface area (Å²) in [5.74, 6) is 4.03. The normalized spacial score (nSPS) is 25.5. The molecule has 5 rings (SSSR count). The van der Waals surface area contributed by atoms with Crippen LogP contribution >= 0.6 is 0 Å². The van der Waals surface area contributed by atoms with Crippen LogP contribution in [0.15, 0.2) is 18.5 Å². The van der Waals surface area contributed by atoms with E-state index in [0.717, 1.165) is 49.3 Å². The zero-order chi connectivity index (χ0) is 17.0. The maximum Gasteiger partial charge on any atom is 0.225 e. The molecule has 25 heavy (non-hydrogen) atoms. The van der Waals surface area contributed by atoms with E-state index in [1.165, 1.54) is 18.5 Å². The molecule has 6 heteroatoms. The Hall–Kier alpha value is -2.24. The molecule has 2 saturated heterocycles. The number of fused-ring (bicyclic) bond motifs is 1. The summed E-state index contributed by atoms with van der Waals surface area (Å²) in [6, 6.07) is 4.25. The molecule has 2 aromatic heterocycles. The molecule has 4 heterocycles. The number of rotatable bonds is 3. The summed E-state index contributed by atoms with van der Waals surface area (Å²) >= 11 is 0. The molecular weight excluding hydrogens is 312 g/mol. The van der Waals surface area contributed by atoms with E-state index >= 15 is 0 Å². The third-order valence-electron chi connectivity index (χ3n) is 5.73. The van der Waals surface area contributed by atoms with E-state index in [9.17, 15) is 0 Å². The molecule has 0 amide bonds. The van der Waals surface area contributed by atoms with E-state index in [0.29, 0.717) is 17.8 Å². The molecule has 1 saturated carbocycles. The van der Waals surface area contributed by atoms with Crippen LogP contribution in [-0.4, -0.2) is 46.1 Å². The van der Waals surface area contributed by atoms with Crippen LogP contribution < -0.4 is 9.80 Å². The van der Waals surface area contributed by atoms with E-state index in [1.54, 1.807) is 6.33 Å². The third kappa shape index (κ3) is 2.83. The van der Waals surface area contributed by atoms with E-state index in [4.69, 9.17) is 0 Å². The van der Waals surface area contributed by atoms with Crippen LogP contribution in [0.25, 0.3) is 0 Å². The highest BCUT2D eigenvalue weighted by Crippen LogP contribution is 2.40. The van der Waals surface area contributed by atoms with Crippen LogP contribution in [0.5, 0.6) is 0 Å². The molecule has 1 aliphatic carbocycles. The molecule has 130 valence electrons. The van der Waals surface area contributed by atoms with Crippen molar-refractivity contribution in [3.63, 3.8) is 0 Å². The minimum absolute atomic E-state index is 0.670. The van der Waals surface area contributed by atoms with Gasteiger partial charge in [-0.1, -0.05) is 0 Å². The number of aryl methyl sites for hydroxylation is 2. The van der Waals surface area contributed by atoms with Crippen molar-refractivity contribution in [1.29, 1.82) is 0 Å². The lowest BCUT2D eigenvalue weighted by molar-refractivity contribution is 0.533. The van der Waals surface area contributed by atoms with Crippen molar-refractivity contribution in [3.05, 3.63) is 35.5 Å². The van der Waals surface area contributed by atoms with Crippen molar-refractivity contribution in [2.75, 3.05) is 36.0 Å². The summed E-state index contributed by atoms with van der Waals surface area (Å²) < 4.78 is 0. The van der Waals surface area contributed by atoms with Crippen molar-refractivity contribution in [2.24, 2.45) is 11.8 Å². The lowest BCUT2D eigenvalue weighted by atomic mass is 10.0. The Kier molecular flexibility index (Phi) is 3.40. The van der Waals surface area contributed by atoms with Gasteiger partial charge in [0.2, 0.25) is 5.95 Å². The van der Waals surface area contributed by atoms with Gasteiger partial charge in [0.15, 0.2) is 0 Å². The van der Waals surface area contributed by atoms with E-state index in [1.807, 2.05) is 19.9 Å². The van der Waals surface area contributed by atoms with Gasteiger partial charge in [-0.15, -0.1) is 0 Å². The highest BCUT2D eigenvalue weighted by molar-refractivity contribution is 5.44. The average Bonchev–Trinajstić information content (AvgIpc) is 3.24. The molecule has 0 radical (unpaired) electrons. The average molecular weight is 336 g/mol. The van der Waals surface area contributed by atoms with Gasteiger partial charge in [0.25, 0.3) is 0 Å². The molecule has 2 atom stereocenters. The first-order valence-corrected chi connectivity index (χ1v) is 9.30. The molecule has 3 aliphatic rings. The van der Waals surface area contributed by atoms with Gasteiger partial charge in [-0.25, -0.2) is 19.9 Å². The maximum atomic E-state index is 4.64. The molecule has 2 aromatic rings. The van der Waals surface area contributed by atoms with Gasteiger partial charge in [-0.05, 0) is 32.8 Å². The van der Waals surface area contributed by atoms with E-state index in [-0.39, 0.29) is 0 Å². The summed E-state index contributed by atoms with van der Waals surface area (Å²) in [7, 11) is 0. The quantitative estimate of drug-likeness (QED) is 0.857. The predicted octanol–water partition coefficient (Wildman–Crippen LogP) is 2.33. The highest BCUT2D eigenvalue weighted by atomic mass is 15.3. The molecule has 2 aliphatic heterocycles. The van der Waals surface area contributed by atoms with E-state index < -0.39 is 0 Å². The molecule has 0 aromatic carbocycles. The summed E-state index contributed by atoms with van der Waals surface area (Å²) in [4.78, 5) is 23.1. The predicted molar refractivity (Wildman–Crippen MR) is 96.9 cm³/mol. The Morgan fingerprint density at radius 1 is 0.840 bits per heavy atom. The lowest BCUT2D eigenvalue weighted by Gasteiger charge is -2.23. The van der Waals surface area contributed by atoms with Crippen molar-refractivity contribution >= 4 is 11.8 Å². The molecule has 0 bridgehead atoms. The standard InChI is InChI=1S/C19H24N6/c1-12-5-13(2)23-19(22-12)25-9-15-7-24(8-16(15)10-25)18-6-17(14-3-4-14)20-11-21-18/h5-6,11,14-16H,3-4,7-10H2,1-2H3. The Balaban J connectivity index is 1.29. The second-order valence-corrected chi connectivity index (χ2v) is 7.86. The van der Waals surface area contributed by atoms with E-state index in [2.05, 4.69) is 35.8 Å². The fourth-order valence-corrected chi connectivity index (χ4v) is 4.33. The van der Waals surface area contributed by atoms with Crippen molar-refractivity contribution in [1.82, 2.24) is 19.9 Å². The molecular formula is C19H24N6. The Morgan fingerprint density at radius 2 is 1.48 bits per heavy atom. The fourth-order valence-electron chi connectivity index (χ4n) is 4.33. The number of nitrogens with zero attached hydrogens (tertiary/aromatic N) is 6. The number of aromatic nitrogens is 4. The number of hydrogen-bond acceptors (Lipinski definition) is 6. The van der Waals surface area contributed by atoms with Crippen molar-refractivity contribution in [2.45, 2.75) is 32.6 Å². The van der Waals surface area contributed by atoms with Crippen molar-refractivity contribution in [3.8, 4) is 0 Å². The third-order valence-corrected chi connectivity index (χ3v) is 5.73. The lowest BCUT2D eigenvalue weighted by Crippen LogP contribution is -2.30. The van der Waals surface area contributed by atoms with Crippen LogP contribution in [0.4, 0.5) is 11.8 Å². The second kappa shape index (κ2) is 5.64. The first-order valence-electron chi connectivity index (χ1n) is 9.30. The molecule has 0 N–H and O–H groups in total. The summed E-state index contributed by atoms with van der Waals surface area (Å²) in [6.45, 7) is 8.34. The summed E-state index contributed by atoms with van der Waals surface area (Å²) in [5.41, 5.74) is 3.33. The largest absolute Gasteiger partial charge is 0.356 e. The minimum Gasteiger partial charge on any atom is -0.356 e. The molecule has 0 spiro atoms. The summed E-state index contributed by atoms with van der Waals surface area (Å²) in [6.07, 6.45) is 4.31. The van der Waals surface area contributed by atoms with Crippen molar-refractivity contribution < 1.29 is 0 Å². The Bertz CT molecular complexity index is 768. The van der Waals surface area contributed by atoms with Gasteiger partial charge >= 0.3 is 0 Å². The van der Waals surface area contributed by atoms with Crippen LogP contribution in [0.1, 0.15) is 35.8 Å². The first kappa shape index (κ1) is 15.0. The van der Waals surface area contributed by atoms with Crippen LogP contribution in [0.3, 0.4) is 0 Å². The minimum atomic E-state index is 0.670. The highest BCUT2D eigenvalue weighted by Gasteiger charge is 2.41. The molecule has 6 nitrogen and oxygen atoms in total. The Labute approximate surface area is 148 Å². The molecule has 2 unspecified atom stereocenters. The van der Waals surface area contributed by atoms with Gasteiger partial charge in [-0.3, -0.25) is 0 Å². The topological polar surface area (TPSA) is 58.0 Å². The molecule has 3 fully saturated rings. The van der Waals surface area contributed by atoms with Gasteiger partial charge in [-0.2, -0.15) is 0 Å². The zero-order valence-electron chi connectivity index (χ0n) is 14.9. The monoisotopic (exact) mass is 336 g/mol. The number of anilines is 2. The van der Waals surface area contributed by atoms with Gasteiger partial charge in [0.05, 0.1) is 0 Å². The second-order valence-electron chi connectivity index (χ2n) is 7.86. The first-order chi connectivity index (χ1) is 12.2. The maximum absolute atomic E-state index is 4.64. The van der Waals surface area contributed by atoms with Crippen LogP contribution in [0.2, 0.25) is 0 Å². The van der Waals surface area contributed by atoms with Gasteiger partial charge in [0.1, 0.15) is 12.1 Å². The number of hydrogen-bond donors (Lipinski definition) is 0. The van der Waals surface area contributed by atoms with Crippen LogP contribution in [0, 0.1) is 25.7 Å². The zero-order valence-corrected chi connectivity index (χ0v) is 14.9. The SMILES string of the molecule is Cc1cc(C)nc(N2CC3CN(c4cc(C5CC5)ncn4)CC3C2)n1.